The molecule has 0 heterocycles. The Morgan fingerprint density at radius 2 is 2.00 bits per heavy atom. The minimum absolute atomic E-state index is 0.0155. The first-order chi connectivity index (χ1) is 11.6. The van der Waals surface area contributed by atoms with Crippen molar-refractivity contribution in [3.05, 3.63) is 59.7 Å². The van der Waals surface area contributed by atoms with Gasteiger partial charge in [-0.15, -0.1) is 0 Å². The molecule has 1 saturated carbocycles. The fraction of sp³-hybridized carbons (Fsp3) is 0.263. The molecule has 5 heteroatoms. The minimum atomic E-state index is -0.0612. The van der Waals surface area contributed by atoms with E-state index in [4.69, 9.17) is 4.74 Å². The molecule has 0 saturated heterocycles. The van der Waals surface area contributed by atoms with Gasteiger partial charge in [0.15, 0.2) is 11.5 Å². The highest BCUT2D eigenvalue weighted by molar-refractivity contribution is 6.00. The molecule has 0 aromatic heterocycles. The van der Waals surface area contributed by atoms with E-state index in [1.165, 1.54) is 12.7 Å². The van der Waals surface area contributed by atoms with Gasteiger partial charge in [0.25, 0.3) is 0 Å². The average molecular weight is 324 g/mol. The number of nitrogens with zero attached hydrogens (tertiary/aromatic N) is 1. The van der Waals surface area contributed by atoms with Crippen molar-refractivity contribution in [3.8, 4) is 11.5 Å². The Bertz CT molecular complexity index is 771. The molecule has 3 rings (SSSR count). The summed E-state index contributed by atoms with van der Waals surface area (Å²) in [7, 11) is 1.49. The van der Waals surface area contributed by atoms with Crippen molar-refractivity contribution in [2.24, 2.45) is 11.0 Å². The fourth-order valence-electron chi connectivity index (χ4n) is 2.74. The topological polar surface area (TPSA) is 70.9 Å². The number of aromatic hydroxyl groups is 1. The van der Waals surface area contributed by atoms with E-state index in [1.807, 2.05) is 18.2 Å². The van der Waals surface area contributed by atoms with Crippen LogP contribution in [0.15, 0.2) is 53.6 Å². The van der Waals surface area contributed by atoms with Gasteiger partial charge < -0.3 is 9.84 Å². The quantitative estimate of drug-likeness (QED) is 0.656. The predicted molar refractivity (Wildman–Crippen MR) is 92.3 cm³/mol. The molecule has 24 heavy (non-hydrogen) atoms. The van der Waals surface area contributed by atoms with E-state index in [2.05, 4.69) is 22.7 Å². The number of carbonyl (C=O) groups excluding carboxylic acids is 1. The summed E-state index contributed by atoms with van der Waals surface area (Å²) in [6.07, 6.45) is 0.859. The van der Waals surface area contributed by atoms with E-state index in [-0.39, 0.29) is 23.5 Å². The second kappa shape index (κ2) is 6.74. The number of phenols is 1. The first-order valence-electron chi connectivity index (χ1n) is 7.86. The molecule has 2 atom stereocenters. The number of rotatable bonds is 5. The van der Waals surface area contributed by atoms with Crippen LogP contribution >= 0.6 is 0 Å². The van der Waals surface area contributed by atoms with Crippen molar-refractivity contribution >= 4 is 11.6 Å². The smallest absolute Gasteiger partial charge is 0.243 e. The van der Waals surface area contributed by atoms with Gasteiger partial charge >= 0.3 is 0 Å². The largest absolute Gasteiger partial charge is 0.504 e. The lowest BCUT2D eigenvalue weighted by atomic mass is 10.1. The molecule has 124 valence electrons. The maximum Gasteiger partial charge on any atom is 0.243 e. The Labute approximate surface area is 141 Å². The van der Waals surface area contributed by atoms with Gasteiger partial charge in [-0.1, -0.05) is 30.3 Å². The lowest BCUT2D eigenvalue weighted by Crippen LogP contribution is -2.21. The minimum Gasteiger partial charge on any atom is -0.504 e. The van der Waals surface area contributed by atoms with Crippen LogP contribution in [-0.2, 0) is 4.79 Å². The van der Waals surface area contributed by atoms with E-state index in [9.17, 15) is 9.90 Å². The molecule has 2 aromatic rings. The third-order valence-electron chi connectivity index (χ3n) is 4.29. The maximum atomic E-state index is 12.2. The van der Waals surface area contributed by atoms with Crippen LogP contribution in [0.1, 0.15) is 30.4 Å². The van der Waals surface area contributed by atoms with Crippen molar-refractivity contribution < 1.29 is 14.6 Å². The Kier molecular flexibility index (Phi) is 4.51. The van der Waals surface area contributed by atoms with Gasteiger partial charge in [-0.25, -0.2) is 5.43 Å². The molecule has 0 spiro atoms. The third kappa shape index (κ3) is 3.40. The number of carbonyl (C=O) groups is 1. The van der Waals surface area contributed by atoms with Crippen molar-refractivity contribution in [2.75, 3.05) is 7.11 Å². The van der Waals surface area contributed by atoms with Gasteiger partial charge in [-0.05, 0) is 43.0 Å². The number of nitrogens with one attached hydrogen (secondary N) is 1. The van der Waals surface area contributed by atoms with Crippen molar-refractivity contribution in [1.82, 2.24) is 5.43 Å². The SMILES string of the molecule is COc1cc(/C(C)=N/NC(=O)[C@@H]2C[C@@H]2c2ccccc2)ccc1O. The molecule has 0 unspecified atom stereocenters. The lowest BCUT2D eigenvalue weighted by Gasteiger charge is -2.07. The molecule has 1 fully saturated rings. The summed E-state index contributed by atoms with van der Waals surface area (Å²) in [5.74, 6) is 0.657. The van der Waals surface area contributed by atoms with Gasteiger partial charge in [-0.3, -0.25) is 4.79 Å². The number of hydrazone groups is 1. The molecule has 0 radical (unpaired) electrons. The van der Waals surface area contributed by atoms with Crippen LogP contribution in [0.4, 0.5) is 0 Å². The van der Waals surface area contributed by atoms with Crippen LogP contribution in [0, 0.1) is 5.92 Å². The molecule has 2 aromatic carbocycles. The number of phenolic OH excluding ortho intramolecular Hbond substituents is 1. The number of hydrogen-bond acceptors (Lipinski definition) is 4. The summed E-state index contributed by atoms with van der Waals surface area (Å²) in [6, 6.07) is 15.0. The average Bonchev–Trinajstić information content (AvgIpc) is 3.41. The number of ether oxygens (including phenoxy) is 1. The van der Waals surface area contributed by atoms with Crippen LogP contribution in [0.25, 0.3) is 0 Å². The number of hydrogen-bond donors (Lipinski definition) is 2. The molecule has 5 nitrogen and oxygen atoms in total. The molecule has 0 bridgehead atoms. The van der Waals surface area contributed by atoms with Crippen LogP contribution < -0.4 is 10.2 Å². The summed E-state index contributed by atoms with van der Waals surface area (Å²) >= 11 is 0. The second-order valence-corrected chi connectivity index (χ2v) is 5.92. The van der Waals surface area contributed by atoms with Crippen LogP contribution in [0.2, 0.25) is 0 Å². The zero-order chi connectivity index (χ0) is 17.1. The standard InChI is InChI=1S/C19H20N2O3/c1-12(14-8-9-17(22)18(10-14)24-2)20-21-19(23)16-11-15(16)13-6-4-3-5-7-13/h3-10,15-16,22H,11H2,1-2H3,(H,21,23)/b20-12+/t15-,16-/m1/s1. The van der Waals surface area contributed by atoms with Crippen LogP contribution in [-0.4, -0.2) is 23.8 Å². The van der Waals surface area contributed by atoms with Gasteiger partial charge in [0.2, 0.25) is 5.91 Å². The van der Waals surface area contributed by atoms with Crippen LogP contribution in [0.3, 0.4) is 0 Å². The third-order valence-corrected chi connectivity index (χ3v) is 4.29. The summed E-state index contributed by atoms with van der Waals surface area (Å²) in [4.78, 5) is 12.2. The summed E-state index contributed by atoms with van der Waals surface area (Å²) in [6.45, 7) is 1.80. The molecule has 1 aliphatic carbocycles. The van der Waals surface area contributed by atoms with Crippen LogP contribution in [0.5, 0.6) is 11.5 Å². The van der Waals surface area contributed by atoms with E-state index in [1.54, 1.807) is 25.1 Å². The molecular weight excluding hydrogens is 304 g/mol. The molecule has 2 N–H and O–H groups in total. The monoisotopic (exact) mass is 324 g/mol. The highest BCUT2D eigenvalue weighted by atomic mass is 16.5. The normalized spacial score (nSPS) is 19.7. The summed E-state index contributed by atoms with van der Waals surface area (Å²) in [5, 5.41) is 13.8. The highest BCUT2D eigenvalue weighted by Crippen LogP contribution is 2.47. The molecule has 1 aliphatic rings. The number of methoxy groups -OCH3 is 1. The van der Waals surface area contributed by atoms with Crippen molar-refractivity contribution in [2.45, 2.75) is 19.3 Å². The molecule has 0 aliphatic heterocycles. The van der Waals surface area contributed by atoms with E-state index < -0.39 is 0 Å². The Balaban J connectivity index is 1.62. The van der Waals surface area contributed by atoms with E-state index in [0.29, 0.717) is 11.5 Å². The van der Waals surface area contributed by atoms with E-state index in [0.717, 1.165) is 12.0 Å². The first-order valence-corrected chi connectivity index (χ1v) is 7.86. The highest BCUT2D eigenvalue weighted by Gasteiger charge is 2.43. The zero-order valence-corrected chi connectivity index (χ0v) is 13.7. The number of amides is 1. The predicted octanol–water partition coefficient (Wildman–Crippen LogP) is 3.04. The first kappa shape index (κ1) is 16.1. The fourth-order valence-corrected chi connectivity index (χ4v) is 2.74. The summed E-state index contributed by atoms with van der Waals surface area (Å²) < 4.78 is 5.08. The molecular formula is C19H20N2O3. The zero-order valence-electron chi connectivity index (χ0n) is 13.7. The maximum absolute atomic E-state index is 12.2. The molecule has 1 amide bonds. The lowest BCUT2D eigenvalue weighted by molar-refractivity contribution is -0.122. The Hall–Kier alpha value is -2.82. The second-order valence-electron chi connectivity index (χ2n) is 5.92. The van der Waals surface area contributed by atoms with Gasteiger partial charge in [0.05, 0.1) is 12.8 Å². The Morgan fingerprint density at radius 3 is 2.71 bits per heavy atom. The Morgan fingerprint density at radius 1 is 1.25 bits per heavy atom. The van der Waals surface area contributed by atoms with Crippen molar-refractivity contribution in [3.63, 3.8) is 0 Å². The van der Waals surface area contributed by atoms with Gasteiger partial charge in [-0.2, -0.15) is 5.10 Å². The van der Waals surface area contributed by atoms with E-state index >= 15 is 0 Å². The van der Waals surface area contributed by atoms with Crippen molar-refractivity contribution in [1.29, 1.82) is 0 Å². The number of benzene rings is 2. The van der Waals surface area contributed by atoms with Gasteiger partial charge in [0.1, 0.15) is 0 Å². The van der Waals surface area contributed by atoms with Gasteiger partial charge in [0, 0.05) is 11.5 Å². The summed E-state index contributed by atoms with van der Waals surface area (Å²) in [5.41, 5.74) is 5.27.